The van der Waals surface area contributed by atoms with Gasteiger partial charge in [0.15, 0.2) is 5.11 Å². The zero-order valence-electron chi connectivity index (χ0n) is 12.2. The molecule has 1 aromatic carbocycles. The van der Waals surface area contributed by atoms with Gasteiger partial charge >= 0.3 is 0 Å². The molecule has 6 heteroatoms. The lowest BCUT2D eigenvalue weighted by Gasteiger charge is -2.36. The average molecular weight is 396 g/mol. The van der Waals surface area contributed by atoms with Crippen LogP contribution in [0.5, 0.6) is 0 Å². The highest BCUT2D eigenvalue weighted by molar-refractivity contribution is 9.10. The molecule has 116 valence electrons. The maximum absolute atomic E-state index is 5.54. The van der Waals surface area contributed by atoms with Crippen LogP contribution in [0.1, 0.15) is 5.56 Å². The number of thiocarbonyl (C=S) groups is 1. The lowest BCUT2D eigenvalue weighted by molar-refractivity contribution is 0.177. The SMILES string of the molecule is S=C(Nc1cccc(Br)c1)N1CCN(Cc2ccsc2)CC1. The van der Waals surface area contributed by atoms with Crippen molar-refractivity contribution in [2.24, 2.45) is 0 Å². The van der Waals surface area contributed by atoms with E-state index in [1.165, 1.54) is 5.56 Å². The van der Waals surface area contributed by atoms with Crippen molar-refractivity contribution in [1.82, 2.24) is 9.80 Å². The van der Waals surface area contributed by atoms with Crippen molar-refractivity contribution in [3.8, 4) is 0 Å². The Morgan fingerprint density at radius 3 is 2.73 bits per heavy atom. The number of anilines is 1. The summed E-state index contributed by atoms with van der Waals surface area (Å²) in [6, 6.07) is 10.3. The quantitative estimate of drug-likeness (QED) is 0.790. The smallest absolute Gasteiger partial charge is 0.173 e. The molecule has 0 bridgehead atoms. The monoisotopic (exact) mass is 395 g/mol. The van der Waals surface area contributed by atoms with Gasteiger partial charge in [0.1, 0.15) is 0 Å². The van der Waals surface area contributed by atoms with Crippen LogP contribution in [0.25, 0.3) is 0 Å². The van der Waals surface area contributed by atoms with E-state index >= 15 is 0 Å². The van der Waals surface area contributed by atoms with Crippen molar-refractivity contribution in [2.45, 2.75) is 6.54 Å². The summed E-state index contributed by atoms with van der Waals surface area (Å²) in [7, 11) is 0. The summed E-state index contributed by atoms with van der Waals surface area (Å²) < 4.78 is 1.06. The topological polar surface area (TPSA) is 18.5 Å². The Morgan fingerprint density at radius 2 is 2.05 bits per heavy atom. The molecule has 22 heavy (non-hydrogen) atoms. The van der Waals surface area contributed by atoms with Gasteiger partial charge in [-0.25, -0.2) is 0 Å². The summed E-state index contributed by atoms with van der Waals surface area (Å²) >= 11 is 10.8. The highest BCUT2D eigenvalue weighted by atomic mass is 79.9. The lowest BCUT2D eigenvalue weighted by Crippen LogP contribution is -2.49. The van der Waals surface area contributed by atoms with Crippen molar-refractivity contribution >= 4 is 50.3 Å². The van der Waals surface area contributed by atoms with Crippen LogP contribution in [0.4, 0.5) is 5.69 Å². The molecule has 1 N–H and O–H groups in total. The minimum Gasteiger partial charge on any atom is -0.346 e. The van der Waals surface area contributed by atoms with Gasteiger partial charge in [-0.1, -0.05) is 22.0 Å². The maximum Gasteiger partial charge on any atom is 0.173 e. The van der Waals surface area contributed by atoms with Gasteiger partial charge in [0.2, 0.25) is 0 Å². The molecule has 0 radical (unpaired) electrons. The van der Waals surface area contributed by atoms with Crippen molar-refractivity contribution in [3.63, 3.8) is 0 Å². The van der Waals surface area contributed by atoms with Crippen molar-refractivity contribution < 1.29 is 0 Å². The second-order valence-corrected chi connectivity index (χ2v) is 7.42. The second kappa shape index (κ2) is 7.55. The lowest BCUT2D eigenvalue weighted by atomic mass is 10.2. The molecule has 0 spiro atoms. The Kier molecular flexibility index (Phi) is 5.46. The third-order valence-corrected chi connectivity index (χ3v) is 5.31. The zero-order valence-corrected chi connectivity index (χ0v) is 15.4. The molecule has 3 nitrogen and oxygen atoms in total. The Labute approximate surface area is 149 Å². The van der Waals surface area contributed by atoms with Gasteiger partial charge in [0, 0.05) is 42.9 Å². The van der Waals surface area contributed by atoms with Gasteiger partial charge in [-0.3, -0.25) is 4.90 Å². The van der Waals surface area contributed by atoms with Crippen LogP contribution in [-0.4, -0.2) is 41.1 Å². The minimum atomic E-state index is 0.813. The number of nitrogens with one attached hydrogen (secondary N) is 1. The first-order chi connectivity index (χ1) is 10.7. The fourth-order valence-electron chi connectivity index (χ4n) is 2.52. The zero-order chi connectivity index (χ0) is 15.4. The van der Waals surface area contributed by atoms with Gasteiger partial charge in [-0.15, -0.1) is 0 Å². The second-order valence-electron chi connectivity index (χ2n) is 5.34. The van der Waals surface area contributed by atoms with Crippen LogP contribution >= 0.6 is 39.5 Å². The Morgan fingerprint density at radius 1 is 1.23 bits per heavy atom. The fraction of sp³-hybridized carbons (Fsp3) is 0.312. The van der Waals surface area contributed by atoms with Crippen LogP contribution in [0.2, 0.25) is 0 Å². The van der Waals surface area contributed by atoms with Crippen LogP contribution in [0.15, 0.2) is 45.6 Å². The van der Waals surface area contributed by atoms with Crippen molar-refractivity contribution in [3.05, 3.63) is 51.1 Å². The highest BCUT2D eigenvalue weighted by Gasteiger charge is 2.19. The number of rotatable bonds is 3. The van der Waals surface area contributed by atoms with Gasteiger partial charge in [-0.05, 0) is 52.8 Å². The number of benzene rings is 1. The largest absolute Gasteiger partial charge is 0.346 e. The predicted octanol–water partition coefficient (Wildman–Crippen LogP) is 4.03. The van der Waals surface area contributed by atoms with Crippen molar-refractivity contribution in [2.75, 3.05) is 31.5 Å². The number of halogens is 1. The maximum atomic E-state index is 5.54. The molecule has 0 saturated carbocycles. The number of nitrogens with zero attached hydrogens (tertiary/aromatic N) is 2. The third-order valence-electron chi connectivity index (χ3n) is 3.72. The average Bonchev–Trinajstić information content (AvgIpc) is 3.01. The number of hydrogen-bond acceptors (Lipinski definition) is 3. The van der Waals surface area contributed by atoms with Gasteiger partial charge in [0.05, 0.1) is 0 Å². The summed E-state index contributed by atoms with van der Waals surface area (Å²) in [6.45, 7) is 5.10. The van der Waals surface area contributed by atoms with Crippen LogP contribution in [0.3, 0.4) is 0 Å². The fourth-order valence-corrected chi connectivity index (χ4v) is 3.88. The summed E-state index contributed by atoms with van der Waals surface area (Å²) in [5, 5.41) is 8.51. The minimum absolute atomic E-state index is 0.813. The molecule has 0 unspecified atom stereocenters. The van der Waals surface area contributed by atoms with E-state index in [1.807, 2.05) is 24.3 Å². The first-order valence-electron chi connectivity index (χ1n) is 7.25. The normalized spacial score (nSPS) is 15.8. The van der Waals surface area contributed by atoms with E-state index in [1.54, 1.807) is 11.3 Å². The Bertz CT molecular complexity index is 622. The van der Waals surface area contributed by atoms with Gasteiger partial charge in [0.25, 0.3) is 0 Å². The highest BCUT2D eigenvalue weighted by Crippen LogP contribution is 2.17. The summed E-state index contributed by atoms with van der Waals surface area (Å²) in [5.74, 6) is 0. The van der Waals surface area contributed by atoms with Crippen LogP contribution in [0, 0.1) is 0 Å². The van der Waals surface area contributed by atoms with Gasteiger partial charge < -0.3 is 10.2 Å². The van der Waals surface area contributed by atoms with Crippen molar-refractivity contribution in [1.29, 1.82) is 0 Å². The third kappa shape index (κ3) is 4.29. The molecular weight excluding hydrogens is 378 g/mol. The standard InChI is InChI=1S/C16H18BrN3S2/c17-14-2-1-3-15(10-14)18-16(21)20-7-5-19(6-8-20)11-13-4-9-22-12-13/h1-4,9-10,12H,5-8,11H2,(H,18,21). The molecule has 1 aromatic heterocycles. The van der Waals surface area contributed by atoms with Gasteiger partial charge in [-0.2, -0.15) is 11.3 Å². The number of piperazine rings is 1. The van der Waals surface area contributed by atoms with E-state index in [0.29, 0.717) is 0 Å². The molecule has 1 fully saturated rings. The van der Waals surface area contributed by atoms with E-state index in [2.05, 4.69) is 47.9 Å². The first kappa shape index (κ1) is 15.9. The molecular formula is C16H18BrN3S2. The molecule has 2 heterocycles. The first-order valence-corrected chi connectivity index (χ1v) is 9.40. The van der Waals surface area contributed by atoms with Crippen LogP contribution < -0.4 is 5.32 Å². The summed E-state index contributed by atoms with van der Waals surface area (Å²) in [4.78, 5) is 4.74. The predicted molar refractivity (Wildman–Crippen MR) is 102 cm³/mol. The molecule has 0 atom stereocenters. The van der Waals surface area contributed by atoms with E-state index in [-0.39, 0.29) is 0 Å². The van der Waals surface area contributed by atoms with E-state index in [4.69, 9.17) is 12.2 Å². The summed E-state index contributed by atoms with van der Waals surface area (Å²) in [5.41, 5.74) is 2.44. The molecule has 1 saturated heterocycles. The molecule has 0 amide bonds. The van der Waals surface area contributed by atoms with E-state index in [0.717, 1.165) is 48.0 Å². The summed E-state index contributed by atoms with van der Waals surface area (Å²) in [6.07, 6.45) is 0. The van der Waals surface area contributed by atoms with Crippen LogP contribution in [-0.2, 0) is 6.54 Å². The number of thiophene rings is 1. The Balaban J connectivity index is 1.49. The molecule has 1 aliphatic rings. The van der Waals surface area contributed by atoms with E-state index in [9.17, 15) is 0 Å². The molecule has 1 aliphatic heterocycles. The Hall–Kier alpha value is -0.950. The molecule has 0 aliphatic carbocycles. The van der Waals surface area contributed by atoms with E-state index < -0.39 is 0 Å². The number of hydrogen-bond donors (Lipinski definition) is 1. The molecule has 2 aromatic rings. The molecule has 3 rings (SSSR count).